The number of hydrogen-bond acceptors (Lipinski definition) is 2. The summed E-state index contributed by atoms with van der Waals surface area (Å²) in [5.41, 5.74) is 0.930. The van der Waals surface area contributed by atoms with Gasteiger partial charge in [-0.05, 0) is 36.4 Å². The van der Waals surface area contributed by atoms with Gasteiger partial charge < -0.3 is 0 Å². The van der Waals surface area contributed by atoms with Crippen LogP contribution in [-0.4, -0.2) is 0 Å². The van der Waals surface area contributed by atoms with Gasteiger partial charge in [-0.1, -0.05) is 23.2 Å². The Kier molecular flexibility index (Phi) is 3.28. The van der Waals surface area contributed by atoms with Gasteiger partial charge in [0.05, 0.1) is 5.02 Å². The first kappa shape index (κ1) is 9.73. The van der Waals surface area contributed by atoms with Crippen molar-refractivity contribution >= 4 is 35.0 Å². The molecule has 0 saturated heterocycles. The average molecular weight is 218 g/mol. The maximum atomic E-state index is 8.46. The number of rotatable bonds is 1. The summed E-state index contributed by atoms with van der Waals surface area (Å²) in [5, 5.41) is 11.6. The van der Waals surface area contributed by atoms with Crippen molar-refractivity contribution < 1.29 is 0 Å². The van der Waals surface area contributed by atoms with Gasteiger partial charge in [-0.2, -0.15) is 5.26 Å². The van der Waals surface area contributed by atoms with Crippen molar-refractivity contribution in [1.29, 1.82) is 5.26 Å². The van der Waals surface area contributed by atoms with Crippen molar-refractivity contribution in [2.45, 2.75) is 11.8 Å². The predicted octanol–water partition coefficient (Wildman–Crippen LogP) is 3.88. The molecule has 0 aliphatic heterocycles. The van der Waals surface area contributed by atoms with E-state index in [0.29, 0.717) is 10.0 Å². The second-order valence-corrected chi connectivity index (χ2v) is 3.87. The van der Waals surface area contributed by atoms with Gasteiger partial charge in [0.15, 0.2) is 0 Å². The number of thiocyanates is 1. The molecule has 62 valence electrons. The Hall–Kier alpha value is -0.360. The van der Waals surface area contributed by atoms with E-state index >= 15 is 0 Å². The maximum Gasteiger partial charge on any atom is 0.138 e. The molecule has 0 heterocycles. The lowest BCUT2D eigenvalue weighted by Gasteiger charge is -2.03. The fraction of sp³-hybridized carbons (Fsp3) is 0.125. The van der Waals surface area contributed by atoms with Crippen LogP contribution in [0.4, 0.5) is 0 Å². The summed E-state index contributed by atoms with van der Waals surface area (Å²) in [4.78, 5) is 0.781. The van der Waals surface area contributed by atoms with E-state index in [-0.39, 0.29) is 0 Å². The lowest BCUT2D eigenvalue weighted by Crippen LogP contribution is -1.80. The minimum Gasteiger partial charge on any atom is -0.185 e. The molecule has 1 nitrogen and oxygen atoms in total. The molecule has 0 aliphatic rings. The maximum absolute atomic E-state index is 8.46. The Balaban J connectivity index is 3.21. The number of nitrogens with zero attached hydrogens (tertiary/aromatic N) is 1. The molecule has 0 aromatic heterocycles. The number of nitriles is 1. The third kappa shape index (κ3) is 2.07. The Morgan fingerprint density at radius 1 is 1.42 bits per heavy atom. The number of halogens is 2. The molecule has 4 heteroatoms. The van der Waals surface area contributed by atoms with Crippen LogP contribution >= 0.6 is 35.0 Å². The quantitative estimate of drug-likeness (QED) is 0.527. The van der Waals surface area contributed by atoms with Gasteiger partial charge in [-0.3, -0.25) is 0 Å². The topological polar surface area (TPSA) is 23.8 Å². The van der Waals surface area contributed by atoms with Gasteiger partial charge >= 0.3 is 0 Å². The van der Waals surface area contributed by atoms with Gasteiger partial charge in [-0.25, -0.2) is 0 Å². The zero-order chi connectivity index (χ0) is 9.14. The largest absolute Gasteiger partial charge is 0.185 e. The van der Waals surface area contributed by atoms with Crippen LogP contribution in [0.1, 0.15) is 5.56 Å². The van der Waals surface area contributed by atoms with Crippen LogP contribution in [-0.2, 0) is 0 Å². The highest BCUT2D eigenvalue weighted by atomic mass is 35.5. The Labute approximate surface area is 85.3 Å². The van der Waals surface area contributed by atoms with Crippen LogP contribution in [0.3, 0.4) is 0 Å². The standard InChI is InChI=1S/C8H5Cl2NS/c1-5-2-6(9)3-7(10)8(5)12-4-11/h2-3H,1H3. The SMILES string of the molecule is Cc1cc(Cl)cc(Cl)c1SC#N. The van der Waals surface area contributed by atoms with Gasteiger partial charge in [0.1, 0.15) is 5.40 Å². The third-order valence-corrected chi connectivity index (χ3v) is 2.81. The highest BCUT2D eigenvalue weighted by Crippen LogP contribution is 2.32. The zero-order valence-corrected chi connectivity index (χ0v) is 8.59. The zero-order valence-electron chi connectivity index (χ0n) is 6.27. The smallest absolute Gasteiger partial charge is 0.138 e. The Bertz CT molecular complexity index is 320. The minimum atomic E-state index is 0.534. The van der Waals surface area contributed by atoms with Crippen molar-refractivity contribution in [2.75, 3.05) is 0 Å². The van der Waals surface area contributed by atoms with E-state index in [9.17, 15) is 0 Å². The molecule has 0 spiro atoms. The molecular formula is C8H5Cl2NS. The van der Waals surface area contributed by atoms with Gasteiger partial charge in [0.2, 0.25) is 0 Å². The Morgan fingerprint density at radius 2 is 2.08 bits per heavy atom. The molecule has 0 aliphatic carbocycles. The normalized spacial score (nSPS) is 9.50. The molecule has 0 amide bonds. The highest BCUT2D eigenvalue weighted by Gasteiger charge is 2.05. The van der Waals surface area contributed by atoms with E-state index < -0.39 is 0 Å². The van der Waals surface area contributed by atoms with Gasteiger partial charge in [0.25, 0.3) is 0 Å². The molecule has 0 atom stereocenters. The molecule has 1 aromatic rings. The first-order valence-electron chi connectivity index (χ1n) is 3.16. The van der Waals surface area contributed by atoms with E-state index in [1.165, 1.54) is 0 Å². The molecule has 1 aromatic carbocycles. The molecule has 0 N–H and O–H groups in total. The van der Waals surface area contributed by atoms with Crippen LogP contribution < -0.4 is 0 Å². The van der Waals surface area contributed by atoms with Crippen molar-refractivity contribution in [3.05, 3.63) is 27.7 Å². The summed E-state index contributed by atoms with van der Waals surface area (Å²) >= 11 is 12.7. The molecule has 0 bridgehead atoms. The molecule has 0 fully saturated rings. The predicted molar refractivity (Wildman–Crippen MR) is 52.7 cm³/mol. The van der Waals surface area contributed by atoms with E-state index in [2.05, 4.69) is 0 Å². The fourth-order valence-corrected chi connectivity index (χ4v) is 2.04. The van der Waals surface area contributed by atoms with Gasteiger partial charge in [0, 0.05) is 9.92 Å². The van der Waals surface area contributed by atoms with Crippen molar-refractivity contribution in [1.82, 2.24) is 0 Å². The fourth-order valence-electron chi connectivity index (χ4n) is 0.864. The van der Waals surface area contributed by atoms with Crippen molar-refractivity contribution in [3.63, 3.8) is 0 Å². The first-order chi connectivity index (χ1) is 5.65. The lowest BCUT2D eigenvalue weighted by atomic mass is 10.2. The number of hydrogen-bond donors (Lipinski definition) is 0. The molecule has 0 saturated carbocycles. The van der Waals surface area contributed by atoms with Crippen LogP contribution in [0, 0.1) is 17.6 Å². The summed E-state index contributed by atoms with van der Waals surface area (Å²) in [6, 6.07) is 3.42. The second-order valence-electron chi connectivity index (χ2n) is 2.23. The second kappa shape index (κ2) is 4.04. The molecule has 1 rings (SSSR count). The van der Waals surface area contributed by atoms with Crippen LogP contribution in [0.15, 0.2) is 17.0 Å². The first-order valence-corrected chi connectivity index (χ1v) is 4.74. The molecule has 0 radical (unpaired) electrons. The van der Waals surface area contributed by atoms with Crippen LogP contribution in [0.2, 0.25) is 10.0 Å². The van der Waals surface area contributed by atoms with E-state index in [1.807, 2.05) is 12.3 Å². The lowest BCUT2D eigenvalue weighted by molar-refractivity contribution is 1.31. The molecular weight excluding hydrogens is 213 g/mol. The van der Waals surface area contributed by atoms with E-state index in [1.54, 1.807) is 12.1 Å². The van der Waals surface area contributed by atoms with E-state index in [4.69, 9.17) is 28.5 Å². The van der Waals surface area contributed by atoms with Gasteiger partial charge in [-0.15, -0.1) is 0 Å². The van der Waals surface area contributed by atoms with E-state index in [0.717, 1.165) is 22.2 Å². The summed E-state index contributed by atoms with van der Waals surface area (Å²) in [6.45, 7) is 1.87. The molecule has 12 heavy (non-hydrogen) atoms. The Morgan fingerprint density at radius 3 is 2.58 bits per heavy atom. The monoisotopic (exact) mass is 217 g/mol. The third-order valence-electron chi connectivity index (χ3n) is 1.34. The average Bonchev–Trinajstić information content (AvgIpc) is 1.96. The highest BCUT2D eigenvalue weighted by molar-refractivity contribution is 8.03. The number of thioether (sulfide) groups is 1. The summed E-state index contributed by atoms with van der Waals surface area (Å²) in [5.74, 6) is 0. The summed E-state index contributed by atoms with van der Waals surface area (Å²) in [6.07, 6.45) is 0. The summed E-state index contributed by atoms with van der Waals surface area (Å²) < 4.78 is 0. The van der Waals surface area contributed by atoms with Crippen LogP contribution in [0.25, 0.3) is 0 Å². The number of aryl methyl sites for hydroxylation is 1. The van der Waals surface area contributed by atoms with Crippen molar-refractivity contribution in [2.24, 2.45) is 0 Å². The number of benzene rings is 1. The summed E-state index contributed by atoms with van der Waals surface area (Å²) in [7, 11) is 0. The minimum absolute atomic E-state index is 0.534. The molecule has 0 unspecified atom stereocenters. The van der Waals surface area contributed by atoms with Crippen molar-refractivity contribution in [3.8, 4) is 5.40 Å². The van der Waals surface area contributed by atoms with Crippen LogP contribution in [0.5, 0.6) is 0 Å².